The zero-order chi connectivity index (χ0) is 12.6. The average molecular weight is 261 g/mol. The molecule has 4 heteroatoms. The van der Waals surface area contributed by atoms with Crippen LogP contribution < -0.4 is 11.1 Å². The van der Waals surface area contributed by atoms with Gasteiger partial charge in [-0.2, -0.15) is 0 Å². The molecule has 0 aliphatic heterocycles. The highest BCUT2D eigenvalue weighted by Crippen LogP contribution is 2.05. The molecule has 1 atom stereocenters. The topological polar surface area (TPSA) is 50.9 Å². The van der Waals surface area contributed by atoms with Gasteiger partial charge in [0.25, 0.3) is 0 Å². The Balaban J connectivity index is 1.62. The average Bonchev–Trinajstić information content (AvgIpc) is 2.91. The Labute approximate surface area is 112 Å². The number of hydrogen-bond donors (Lipinski definition) is 2. The number of thiazole rings is 1. The van der Waals surface area contributed by atoms with E-state index in [-0.39, 0.29) is 6.04 Å². The number of aromatic nitrogens is 1. The van der Waals surface area contributed by atoms with Crippen LogP contribution in [0.3, 0.4) is 0 Å². The minimum atomic E-state index is 0.207. The van der Waals surface area contributed by atoms with Crippen molar-refractivity contribution in [1.29, 1.82) is 0 Å². The Morgan fingerprint density at radius 1 is 1.28 bits per heavy atom. The van der Waals surface area contributed by atoms with Crippen LogP contribution in [0.25, 0.3) is 0 Å². The van der Waals surface area contributed by atoms with Crippen LogP contribution in [0.4, 0.5) is 0 Å². The fourth-order valence-corrected chi connectivity index (χ4v) is 2.37. The van der Waals surface area contributed by atoms with Gasteiger partial charge in [-0.3, -0.25) is 4.98 Å². The van der Waals surface area contributed by atoms with E-state index in [2.05, 4.69) is 34.6 Å². The second-order valence-electron chi connectivity index (χ2n) is 4.38. The molecule has 0 saturated heterocycles. The van der Waals surface area contributed by atoms with Crippen molar-refractivity contribution in [1.82, 2.24) is 10.3 Å². The van der Waals surface area contributed by atoms with Gasteiger partial charge in [0.15, 0.2) is 0 Å². The van der Waals surface area contributed by atoms with E-state index in [1.807, 2.05) is 17.8 Å². The first-order valence-corrected chi connectivity index (χ1v) is 7.10. The first kappa shape index (κ1) is 13.2. The Kier molecular flexibility index (Phi) is 5.33. The molecule has 0 unspecified atom stereocenters. The second-order valence-corrected chi connectivity index (χ2v) is 5.35. The van der Waals surface area contributed by atoms with Crippen molar-refractivity contribution in [2.45, 2.75) is 25.4 Å². The third kappa shape index (κ3) is 4.56. The van der Waals surface area contributed by atoms with Crippen molar-refractivity contribution in [3.8, 4) is 0 Å². The summed E-state index contributed by atoms with van der Waals surface area (Å²) in [5.41, 5.74) is 9.30. The summed E-state index contributed by atoms with van der Waals surface area (Å²) in [4.78, 5) is 5.30. The molecule has 2 rings (SSSR count). The molecule has 3 N–H and O–H groups in total. The van der Waals surface area contributed by atoms with E-state index in [1.54, 1.807) is 11.3 Å². The molecule has 0 fully saturated rings. The van der Waals surface area contributed by atoms with Crippen LogP contribution in [-0.2, 0) is 13.0 Å². The Morgan fingerprint density at radius 3 is 2.83 bits per heavy atom. The molecule has 0 amide bonds. The molecular formula is C14H19N3S. The smallest absolute Gasteiger partial charge is 0.0794 e. The highest BCUT2D eigenvalue weighted by Gasteiger charge is 2.03. The van der Waals surface area contributed by atoms with Crippen molar-refractivity contribution >= 4 is 11.3 Å². The number of rotatable bonds is 7. The van der Waals surface area contributed by atoms with E-state index in [0.29, 0.717) is 0 Å². The second kappa shape index (κ2) is 7.26. The summed E-state index contributed by atoms with van der Waals surface area (Å²) in [7, 11) is 0. The van der Waals surface area contributed by atoms with Gasteiger partial charge in [0, 0.05) is 30.2 Å². The van der Waals surface area contributed by atoms with Crippen molar-refractivity contribution in [3.63, 3.8) is 0 Å². The summed E-state index contributed by atoms with van der Waals surface area (Å²) < 4.78 is 0. The van der Waals surface area contributed by atoms with Crippen LogP contribution in [0.1, 0.15) is 16.9 Å². The van der Waals surface area contributed by atoms with E-state index in [9.17, 15) is 0 Å². The molecule has 0 aliphatic rings. The van der Waals surface area contributed by atoms with Crippen molar-refractivity contribution in [2.75, 3.05) is 6.54 Å². The molecule has 0 aliphatic carbocycles. The minimum Gasteiger partial charge on any atom is -0.327 e. The molecule has 0 radical (unpaired) electrons. The lowest BCUT2D eigenvalue weighted by molar-refractivity contribution is 0.546. The Hall–Kier alpha value is -1.23. The van der Waals surface area contributed by atoms with Crippen LogP contribution in [0, 0.1) is 0 Å². The zero-order valence-corrected chi connectivity index (χ0v) is 11.2. The standard InChI is InChI=1S/C14H19N3S/c15-13(7-6-12-4-2-1-3-5-12)8-16-9-14-10-17-11-18-14/h1-5,10-11,13,16H,6-9,15H2/t13-/m0/s1. The van der Waals surface area contributed by atoms with Crippen molar-refractivity contribution in [2.24, 2.45) is 5.73 Å². The lowest BCUT2D eigenvalue weighted by atomic mass is 10.1. The first-order chi connectivity index (χ1) is 8.84. The summed E-state index contributed by atoms with van der Waals surface area (Å²) in [5.74, 6) is 0. The highest BCUT2D eigenvalue weighted by molar-refractivity contribution is 7.09. The maximum atomic E-state index is 6.09. The maximum absolute atomic E-state index is 6.09. The third-order valence-corrected chi connectivity index (χ3v) is 3.62. The summed E-state index contributed by atoms with van der Waals surface area (Å²) in [6.45, 7) is 1.72. The van der Waals surface area contributed by atoms with Crippen LogP contribution in [-0.4, -0.2) is 17.6 Å². The van der Waals surface area contributed by atoms with Crippen LogP contribution in [0.2, 0.25) is 0 Å². The van der Waals surface area contributed by atoms with Gasteiger partial charge in [0.2, 0.25) is 0 Å². The summed E-state index contributed by atoms with van der Waals surface area (Å²) in [5, 5.41) is 3.37. The summed E-state index contributed by atoms with van der Waals surface area (Å²) in [6, 6.07) is 10.7. The number of benzene rings is 1. The van der Waals surface area contributed by atoms with Gasteiger partial charge in [-0.05, 0) is 18.4 Å². The van der Waals surface area contributed by atoms with Crippen LogP contribution in [0.15, 0.2) is 42.0 Å². The van der Waals surface area contributed by atoms with Gasteiger partial charge in [-0.15, -0.1) is 11.3 Å². The Morgan fingerprint density at radius 2 is 2.11 bits per heavy atom. The number of nitrogens with zero attached hydrogens (tertiary/aromatic N) is 1. The van der Waals surface area contributed by atoms with E-state index in [1.165, 1.54) is 10.4 Å². The number of nitrogens with one attached hydrogen (secondary N) is 1. The lowest BCUT2D eigenvalue weighted by Gasteiger charge is -2.12. The highest BCUT2D eigenvalue weighted by atomic mass is 32.1. The molecule has 3 nitrogen and oxygen atoms in total. The largest absolute Gasteiger partial charge is 0.327 e. The summed E-state index contributed by atoms with van der Waals surface area (Å²) in [6.07, 6.45) is 3.96. The van der Waals surface area contributed by atoms with E-state index < -0.39 is 0 Å². The predicted octanol–water partition coefficient (Wildman–Crippen LogP) is 2.19. The van der Waals surface area contributed by atoms with Gasteiger partial charge >= 0.3 is 0 Å². The van der Waals surface area contributed by atoms with Crippen LogP contribution in [0.5, 0.6) is 0 Å². The lowest BCUT2D eigenvalue weighted by Crippen LogP contribution is -2.33. The van der Waals surface area contributed by atoms with Crippen LogP contribution >= 0.6 is 11.3 Å². The van der Waals surface area contributed by atoms with Gasteiger partial charge in [-0.25, -0.2) is 0 Å². The minimum absolute atomic E-state index is 0.207. The van der Waals surface area contributed by atoms with Crippen molar-refractivity contribution in [3.05, 3.63) is 52.5 Å². The van der Waals surface area contributed by atoms with E-state index >= 15 is 0 Å². The van der Waals surface area contributed by atoms with E-state index in [0.717, 1.165) is 25.9 Å². The molecule has 1 aromatic heterocycles. The van der Waals surface area contributed by atoms with Gasteiger partial charge in [-0.1, -0.05) is 30.3 Å². The molecule has 1 aromatic carbocycles. The number of aryl methyl sites for hydroxylation is 1. The molecule has 1 heterocycles. The molecule has 96 valence electrons. The van der Waals surface area contributed by atoms with E-state index in [4.69, 9.17) is 5.73 Å². The normalized spacial score (nSPS) is 12.5. The third-order valence-electron chi connectivity index (χ3n) is 2.84. The van der Waals surface area contributed by atoms with Gasteiger partial charge in [0.05, 0.1) is 5.51 Å². The summed E-state index contributed by atoms with van der Waals surface area (Å²) >= 11 is 1.67. The first-order valence-electron chi connectivity index (χ1n) is 6.22. The van der Waals surface area contributed by atoms with Gasteiger partial charge in [0.1, 0.15) is 0 Å². The molecule has 0 saturated carbocycles. The maximum Gasteiger partial charge on any atom is 0.0794 e. The molecule has 2 aromatic rings. The Bertz CT molecular complexity index is 428. The molecule has 18 heavy (non-hydrogen) atoms. The van der Waals surface area contributed by atoms with Gasteiger partial charge < -0.3 is 11.1 Å². The number of nitrogens with two attached hydrogens (primary N) is 1. The fourth-order valence-electron chi connectivity index (χ4n) is 1.81. The predicted molar refractivity (Wildman–Crippen MR) is 76.6 cm³/mol. The monoisotopic (exact) mass is 261 g/mol. The molecular weight excluding hydrogens is 242 g/mol. The number of hydrogen-bond acceptors (Lipinski definition) is 4. The van der Waals surface area contributed by atoms with Crippen molar-refractivity contribution < 1.29 is 0 Å². The quantitative estimate of drug-likeness (QED) is 0.803. The molecule has 0 bridgehead atoms. The molecule has 0 spiro atoms. The fraction of sp³-hybridized carbons (Fsp3) is 0.357. The SMILES string of the molecule is N[C@@H](CCc1ccccc1)CNCc1cncs1. The zero-order valence-electron chi connectivity index (χ0n) is 10.4.